The number of amides is 2. The molecule has 3 aromatic rings. The van der Waals surface area contributed by atoms with Crippen molar-refractivity contribution >= 4 is 34.3 Å². The number of carbonyl (C=O) groups is 2. The standard InChI is InChI=1S/C38H52ClFN6O2/c1-24(2)34(8-7-12-43-19-29-21-45(26(5)47)22-30(29)20-43)44-13-11-27(18-44)14-28-23-46(36-17-41-16-33(39)37(28)36)35-10-9-31(40)15-32(35)38(48)42(6)25(3)4/h9-10,15-17,23-25,27,29-30,34H,7-8,11-14,18-22H2,1-6H3/t27-,29-,30-,34+/m0/s1. The molecule has 260 valence electrons. The largest absolute Gasteiger partial charge is 0.342 e. The Labute approximate surface area is 290 Å². The average molecular weight is 679 g/mol. The molecule has 2 aromatic heterocycles. The third-order valence-corrected chi connectivity index (χ3v) is 11.6. The van der Waals surface area contributed by atoms with Crippen molar-refractivity contribution in [1.82, 2.24) is 29.2 Å². The molecule has 6 rings (SSSR count). The Morgan fingerprint density at radius 2 is 1.79 bits per heavy atom. The van der Waals surface area contributed by atoms with Crippen LogP contribution in [-0.2, 0) is 11.2 Å². The lowest BCUT2D eigenvalue weighted by Gasteiger charge is -2.32. The summed E-state index contributed by atoms with van der Waals surface area (Å²) in [6.07, 6.45) is 9.94. The van der Waals surface area contributed by atoms with Gasteiger partial charge in [0.25, 0.3) is 5.91 Å². The Morgan fingerprint density at radius 1 is 1.06 bits per heavy atom. The molecular formula is C38H52ClFN6O2. The summed E-state index contributed by atoms with van der Waals surface area (Å²) in [5.41, 5.74) is 2.89. The summed E-state index contributed by atoms with van der Waals surface area (Å²) in [6.45, 7) is 17.7. The lowest BCUT2D eigenvalue weighted by atomic mass is 9.96. The van der Waals surface area contributed by atoms with Crippen molar-refractivity contribution in [2.24, 2.45) is 23.7 Å². The van der Waals surface area contributed by atoms with Crippen LogP contribution in [0.1, 0.15) is 69.8 Å². The highest BCUT2D eigenvalue weighted by molar-refractivity contribution is 6.35. The van der Waals surface area contributed by atoms with Crippen molar-refractivity contribution in [3.63, 3.8) is 0 Å². The number of aromatic nitrogens is 2. The summed E-state index contributed by atoms with van der Waals surface area (Å²) >= 11 is 6.81. The van der Waals surface area contributed by atoms with Crippen molar-refractivity contribution in [1.29, 1.82) is 0 Å². The number of fused-ring (bicyclic) bond motifs is 2. The molecule has 10 heteroatoms. The summed E-state index contributed by atoms with van der Waals surface area (Å²) in [5.74, 6) is 1.89. The van der Waals surface area contributed by atoms with Crippen LogP contribution in [0.3, 0.4) is 0 Å². The Hall–Kier alpha value is -3.01. The predicted molar refractivity (Wildman–Crippen MR) is 190 cm³/mol. The minimum Gasteiger partial charge on any atom is -0.342 e. The van der Waals surface area contributed by atoms with E-state index in [1.54, 1.807) is 37.3 Å². The van der Waals surface area contributed by atoms with E-state index in [1.165, 1.54) is 25.0 Å². The van der Waals surface area contributed by atoms with Gasteiger partial charge in [0.15, 0.2) is 0 Å². The van der Waals surface area contributed by atoms with E-state index in [0.717, 1.165) is 75.1 Å². The summed E-state index contributed by atoms with van der Waals surface area (Å²) in [5, 5.41) is 1.54. The number of nitrogens with zero attached hydrogens (tertiary/aromatic N) is 6. The maximum absolute atomic E-state index is 14.5. The first-order chi connectivity index (χ1) is 22.9. The van der Waals surface area contributed by atoms with E-state index >= 15 is 0 Å². The van der Waals surface area contributed by atoms with Gasteiger partial charge in [0, 0.05) is 76.6 Å². The van der Waals surface area contributed by atoms with Crippen LogP contribution in [0.15, 0.2) is 36.8 Å². The number of pyridine rings is 1. The Kier molecular flexibility index (Phi) is 10.5. The van der Waals surface area contributed by atoms with Gasteiger partial charge in [-0.25, -0.2) is 4.39 Å². The molecule has 3 fully saturated rings. The summed E-state index contributed by atoms with van der Waals surface area (Å²) in [7, 11) is 1.75. The first-order valence-electron chi connectivity index (χ1n) is 17.8. The first-order valence-corrected chi connectivity index (χ1v) is 18.2. The molecule has 4 atom stereocenters. The molecule has 8 nitrogen and oxygen atoms in total. The van der Waals surface area contributed by atoms with E-state index in [1.807, 2.05) is 23.3 Å². The Morgan fingerprint density at radius 3 is 2.46 bits per heavy atom. The van der Waals surface area contributed by atoms with Crippen molar-refractivity contribution in [3.8, 4) is 5.69 Å². The SMILES string of the molecule is CC(=O)N1C[C@@H]2CN(CCC[C@H](C(C)C)N3CC[C@@H](Cc4cn(-c5ccc(F)cc5C(=O)N(C)C(C)C)c5cncc(Cl)c45)C3)C[C@H]2C1. The quantitative estimate of drug-likeness (QED) is 0.236. The smallest absolute Gasteiger partial charge is 0.256 e. The number of benzene rings is 1. The van der Waals surface area contributed by atoms with Crippen molar-refractivity contribution < 1.29 is 14.0 Å². The molecule has 0 unspecified atom stereocenters. The molecule has 0 saturated carbocycles. The third kappa shape index (κ3) is 7.15. The van der Waals surface area contributed by atoms with E-state index in [-0.39, 0.29) is 17.9 Å². The lowest BCUT2D eigenvalue weighted by Crippen LogP contribution is -2.38. The maximum atomic E-state index is 14.5. The van der Waals surface area contributed by atoms with E-state index in [4.69, 9.17) is 11.6 Å². The van der Waals surface area contributed by atoms with Gasteiger partial charge in [-0.05, 0) is 100 Å². The molecule has 5 heterocycles. The van der Waals surface area contributed by atoms with Gasteiger partial charge in [0.05, 0.1) is 28.0 Å². The van der Waals surface area contributed by atoms with Gasteiger partial charge >= 0.3 is 0 Å². The van der Waals surface area contributed by atoms with Crippen LogP contribution >= 0.6 is 11.6 Å². The molecule has 2 amide bonds. The van der Waals surface area contributed by atoms with Gasteiger partial charge < -0.3 is 19.3 Å². The zero-order chi connectivity index (χ0) is 34.3. The molecule has 3 saturated heterocycles. The average Bonchev–Trinajstić information content (AvgIpc) is 3.82. The predicted octanol–water partition coefficient (Wildman–Crippen LogP) is 6.38. The maximum Gasteiger partial charge on any atom is 0.256 e. The number of carbonyl (C=O) groups excluding carboxylic acids is 2. The van der Waals surface area contributed by atoms with Crippen LogP contribution in [0.2, 0.25) is 5.02 Å². The molecule has 1 aromatic carbocycles. The Balaban J connectivity index is 1.14. The van der Waals surface area contributed by atoms with E-state index in [9.17, 15) is 14.0 Å². The molecule has 0 aliphatic carbocycles. The zero-order valence-corrected chi connectivity index (χ0v) is 30.2. The molecule has 0 spiro atoms. The van der Waals surface area contributed by atoms with Crippen LogP contribution in [0, 0.1) is 29.5 Å². The van der Waals surface area contributed by atoms with Gasteiger partial charge in [-0.3, -0.25) is 19.5 Å². The number of hydrogen-bond donors (Lipinski definition) is 0. The molecule has 0 radical (unpaired) electrons. The minimum atomic E-state index is -0.443. The number of hydrogen-bond acceptors (Lipinski definition) is 5. The summed E-state index contributed by atoms with van der Waals surface area (Å²) in [4.78, 5) is 38.7. The highest BCUT2D eigenvalue weighted by Gasteiger charge is 2.40. The van der Waals surface area contributed by atoms with Crippen LogP contribution in [-0.4, -0.2) is 106 Å². The zero-order valence-electron chi connectivity index (χ0n) is 29.5. The molecule has 3 aliphatic rings. The van der Waals surface area contributed by atoms with Crippen LogP contribution in [0.25, 0.3) is 16.6 Å². The van der Waals surface area contributed by atoms with Gasteiger partial charge in [0.2, 0.25) is 5.91 Å². The number of rotatable bonds is 11. The molecule has 48 heavy (non-hydrogen) atoms. The van der Waals surface area contributed by atoms with Crippen molar-refractivity contribution in [2.75, 3.05) is 52.9 Å². The van der Waals surface area contributed by atoms with E-state index < -0.39 is 5.82 Å². The lowest BCUT2D eigenvalue weighted by molar-refractivity contribution is -0.128. The van der Waals surface area contributed by atoms with Crippen LogP contribution < -0.4 is 0 Å². The first kappa shape index (κ1) is 34.8. The van der Waals surface area contributed by atoms with Crippen LogP contribution in [0.5, 0.6) is 0 Å². The van der Waals surface area contributed by atoms with E-state index in [2.05, 4.69) is 34.8 Å². The molecule has 0 N–H and O–H groups in total. The van der Waals surface area contributed by atoms with Crippen molar-refractivity contribution in [3.05, 3.63) is 58.8 Å². The number of halogens is 2. The van der Waals surface area contributed by atoms with Gasteiger partial charge in [-0.1, -0.05) is 25.4 Å². The second kappa shape index (κ2) is 14.5. The van der Waals surface area contributed by atoms with Gasteiger partial charge in [0.1, 0.15) is 5.82 Å². The number of likely N-dealkylation sites (tertiary alicyclic amines) is 3. The second-order valence-electron chi connectivity index (χ2n) is 15.2. The fourth-order valence-corrected chi connectivity index (χ4v) is 8.79. The van der Waals surface area contributed by atoms with Crippen LogP contribution in [0.4, 0.5) is 4.39 Å². The summed E-state index contributed by atoms with van der Waals surface area (Å²) in [6, 6.07) is 4.94. The molecule has 0 bridgehead atoms. The molecule has 3 aliphatic heterocycles. The third-order valence-electron chi connectivity index (χ3n) is 11.3. The highest BCUT2D eigenvalue weighted by atomic mass is 35.5. The molecular weight excluding hydrogens is 627 g/mol. The fraction of sp³-hybridized carbons (Fsp3) is 0.605. The van der Waals surface area contributed by atoms with Crippen molar-refractivity contribution in [2.45, 2.75) is 72.4 Å². The minimum absolute atomic E-state index is 0.0262. The normalized spacial score (nSPS) is 22.4. The monoisotopic (exact) mass is 678 g/mol. The van der Waals surface area contributed by atoms with E-state index in [0.29, 0.717) is 46.0 Å². The fourth-order valence-electron chi connectivity index (χ4n) is 8.52. The topological polar surface area (TPSA) is 64.9 Å². The highest BCUT2D eigenvalue weighted by Crippen LogP contribution is 2.36. The van der Waals surface area contributed by atoms with Gasteiger partial charge in [-0.2, -0.15) is 0 Å². The Bertz CT molecular complexity index is 1630. The van der Waals surface area contributed by atoms with Gasteiger partial charge in [-0.15, -0.1) is 0 Å². The summed E-state index contributed by atoms with van der Waals surface area (Å²) < 4.78 is 16.5. The second-order valence-corrected chi connectivity index (χ2v) is 15.6.